The van der Waals surface area contributed by atoms with Crippen LogP contribution in [-0.4, -0.2) is 43.6 Å². The highest BCUT2D eigenvalue weighted by atomic mass is 16.5. The van der Waals surface area contributed by atoms with Crippen LogP contribution in [0, 0.1) is 0 Å². The molecule has 0 N–H and O–H groups in total. The summed E-state index contributed by atoms with van der Waals surface area (Å²) < 4.78 is 12.6. The number of aromatic nitrogens is 4. The molecule has 8 nitrogen and oxygen atoms in total. The molecule has 0 radical (unpaired) electrons. The Labute approximate surface area is 172 Å². The van der Waals surface area contributed by atoms with Gasteiger partial charge in [0.1, 0.15) is 5.76 Å². The van der Waals surface area contributed by atoms with Crippen LogP contribution in [0.2, 0.25) is 0 Å². The number of imidazole rings is 1. The highest BCUT2D eigenvalue weighted by Gasteiger charge is 2.18. The van der Waals surface area contributed by atoms with E-state index in [0.717, 1.165) is 42.5 Å². The number of hydrogen-bond donors (Lipinski definition) is 0. The van der Waals surface area contributed by atoms with Gasteiger partial charge in [0.05, 0.1) is 23.6 Å². The Morgan fingerprint density at radius 2 is 2.07 bits per heavy atom. The molecule has 5 rings (SSSR count). The van der Waals surface area contributed by atoms with Gasteiger partial charge in [-0.2, -0.15) is 4.98 Å². The lowest BCUT2D eigenvalue weighted by molar-refractivity contribution is -0.130. The SMILES string of the molecule is O=C(CCn1cnc2cc(-c3noc(C=Cc4ccco4)n3)ccc21)N1CCCC1. The van der Waals surface area contributed by atoms with E-state index in [4.69, 9.17) is 8.94 Å². The maximum Gasteiger partial charge on any atom is 0.251 e. The fraction of sp³-hybridized carbons (Fsp3) is 0.273. The van der Waals surface area contributed by atoms with Crippen LogP contribution in [0.4, 0.5) is 0 Å². The Balaban J connectivity index is 1.29. The number of benzene rings is 1. The molecule has 0 unspecified atom stereocenters. The number of fused-ring (bicyclic) bond motifs is 1. The fourth-order valence-corrected chi connectivity index (χ4v) is 3.68. The monoisotopic (exact) mass is 403 g/mol. The summed E-state index contributed by atoms with van der Waals surface area (Å²) in [5.41, 5.74) is 2.63. The van der Waals surface area contributed by atoms with Crippen LogP contribution in [0.3, 0.4) is 0 Å². The first-order chi connectivity index (χ1) is 14.8. The maximum absolute atomic E-state index is 12.3. The van der Waals surface area contributed by atoms with Gasteiger partial charge in [-0.3, -0.25) is 4.79 Å². The summed E-state index contributed by atoms with van der Waals surface area (Å²) in [6.45, 7) is 2.39. The molecule has 1 fully saturated rings. The van der Waals surface area contributed by atoms with E-state index in [1.165, 1.54) is 0 Å². The molecule has 0 atom stereocenters. The number of furan rings is 1. The van der Waals surface area contributed by atoms with E-state index in [0.29, 0.717) is 30.4 Å². The minimum Gasteiger partial charge on any atom is -0.465 e. The van der Waals surface area contributed by atoms with Gasteiger partial charge < -0.3 is 18.4 Å². The standard InChI is InChI=1S/C22H21N5O3/c28-21(26-10-1-2-11-26)9-12-27-15-23-18-14-16(5-7-19(18)27)22-24-20(30-25-22)8-6-17-4-3-13-29-17/h3-8,13-15H,1-2,9-12H2. The summed E-state index contributed by atoms with van der Waals surface area (Å²) in [6, 6.07) is 9.51. The molecule has 1 aliphatic rings. The second kappa shape index (κ2) is 7.98. The second-order valence-electron chi connectivity index (χ2n) is 7.28. The summed E-state index contributed by atoms with van der Waals surface area (Å²) in [6.07, 6.45) is 9.57. The van der Waals surface area contributed by atoms with E-state index in [9.17, 15) is 4.79 Å². The van der Waals surface area contributed by atoms with Crippen molar-refractivity contribution in [1.29, 1.82) is 0 Å². The summed E-state index contributed by atoms with van der Waals surface area (Å²) in [5.74, 6) is 1.82. The van der Waals surface area contributed by atoms with E-state index in [1.54, 1.807) is 24.7 Å². The van der Waals surface area contributed by atoms with Crippen LogP contribution in [0.1, 0.15) is 30.9 Å². The third kappa shape index (κ3) is 3.76. The van der Waals surface area contributed by atoms with Gasteiger partial charge in [0.15, 0.2) is 0 Å². The number of likely N-dealkylation sites (tertiary alicyclic amines) is 1. The zero-order chi connectivity index (χ0) is 20.3. The molecule has 3 aromatic heterocycles. The molecule has 0 spiro atoms. The van der Waals surface area contributed by atoms with Crippen molar-refractivity contribution in [3.05, 3.63) is 54.6 Å². The van der Waals surface area contributed by atoms with E-state index in [1.807, 2.05) is 39.8 Å². The first-order valence-corrected chi connectivity index (χ1v) is 10.0. The number of carbonyl (C=O) groups is 1. The number of rotatable bonds is 6. The Bertz CT molecular complexity index is 1180. The molecule has 30 heavy (non-hydrogen) atoms. The Hall–Kier alpha value is -3.68. The van der Waals surface area contributed by atoms with Gasteiger partial charge in [0.2, 0.25) is 11.7 Å². The topological polar surface area (TPSA) is 90.2 Å². The molecule has 152 valence electrons. The number of amides is 1. The predicted molar refractivity (Wildman–Crippen MR) is 111 cm³/mol. The molecule has 4 aromatic rings. The third-order valence-electron chi connectivity index (χ3n) is 5.28. The van der Waals surface area contributed by atoms with Crippen molar-refractivity contribution in [2.24, 2.45) is 0 Å². The van der Waals surface area contributed by atoms with Crippen molar-refractivity contribution in [3.8, 4) is 11.4 Å². The van der Waals surface area contributed by atoms with Crippen LogP contribution in [0.25, 0.3) is 34.6 Å². The zero-order valence-electron chi connectivity index (χ0n) is 16.4. The lowest BCUT2D eigenvalue weighted by atomic mass is 10.2. The van der Waals surface area contributed by atoms with E-state index in [-0.39, 0.29) is 5.91 Å². The molecule has 1 amide bonds. The molecule has 0 saturated carbocycles. The lowest BCUT2D eigenvalue weighted by Gasteiger charge is -2.15. The van der Waals surface area contributed by atoms with Crippen LogP contribution in [0.15, 0.2) is 51.9 Å². The van der Waals surface area contributed by atoms with Gasteiger partial charge >= 0.3 is 0 Å². The van der Waals surface area contributed by atoms with Crippen LogP contribution in [0.5, 0.6) is 0 Å². The van der Waals surface area contributed by atoms with Crippen molar-refractivity contribution in [3.63, 3.8) is 0 Å². The maximum atomic E-state index is 12.3. The predicted octanol–water partition coefficient (Wildman–Crippen LogP) is 3.86. The zero-order valence-corrected chi connectivity index (χ0v) is 16.4. The molecule has 4 heterocycles. The number of aryl methyl sites for hydroxylation is 1. The minimum atomic E-state index is 0.216. The summed E-state index contributed by atoms with van der Waals surface area (Å²) >= 11 is 0. The molecule has 8 heteroatoms. The fourth-order valence-electron chi connectivity index (χ4n) is 3.68. The van der Waals surface area contributed by atoms with Gasteiger partial charge in [-0.1, -0.05) is 5.16 Å². The third-order valence-corrected chi connectivity index (χ3v) is 5.28. The first kappa shape index (κ1) is 18.4. The number of carbonyl (C=O) groups excluding carboxylic acids is 1. The average molecular weight is 403 g/mol. The van der Waals surface area contributed by atoms with Crippen LogP contribution >= 0.6 is 0 Å². The number of hydrogen-bond acceptors (Lipinski definition) is 6. The number of nitrogens with zero attached hydrogens (tertiary/aromatic N) is 5. The summed E-state index contributed by atoms with van der Waals surface area (Å²) in [5, 5.41) is 4.05. The second-order valence-corrected chi connectivity index (χ2v) is 7.28. The lowest BCUT2D eigenvalue weighted by Crippen LogP contribution is -2.28. The quantitative estimate of drug-likeness (QED) is 0.486. The summed E-state index contributed by atoms with van der Waals surface area (Å²) in [7, 11) is 0. The molecule has 1 aliphatic heterocycles. The Morgan fingerprint density at radius 3 is 2.90 bits per heavy atom. The highest BCUT2D eigenvalue weighted by molar-refractivity contribution is 5.81. The minimum absolute atomic E-state index is 0.216. The van der Waals surface area contributed by atoms with Gasteiger partial charge in [-0.05, 0) is 49.2 Å². The largest absolute Gasteiger partial charge is 0.465 e. The molecule has 1 aromatic carbocycles. The van der Waals surface area contributed by atoms with E-state index >= 15 is 0 Å². The highest BCUT2D eigenvalue weighted by Crippen LogP contribution is 2.23. The Morgan fingerprint density at radius 1 is 1.17 bits per heavy atom. The summed E-state index contributed by atoms with van der Waals surface area (Å²) in [4.78, 5) is 23.1. The van der Waals surface area contributed by atoms with Gasteiger partial charge in [-0.15, -0.1) is 0 Å². The van der Waals surface area contributed by atoms with E-state index < -0.39 is 0 Å². The van der Waals surface area contributed by atoms with Crippen molar-refractivity contribution in [2.75, 3.05) is 13.1 Å². The van der Waals surface area contributed by atoms with Crippen LogP contribution in [-0.2, 0) is 11.3 Å². The Kier molecular flexibility index (Phi) is 4.88. The molecule has 0 aliphatic carbocycles. The van der Waals surface area contributed by atoms with Crippen molar-refractivity contribution in [2.45, 2.75) is 25.8 Å². The molecule has 1 saturated heterocycles. The van der Waals surface area contributed by atoms with Crippen molar-refractivity contribution < 1.29 is 13.7 Å². The van der Waals surface area contributed by atoms with Crippen molar-refractivity contribution in [1.82, 2.24) is 24.6 Å². The van der Waals surface area contributed by atoms with Crippen molar-refractivity contribution >= 4 is 29.1 Å². The van der Waals surface area contributed by atoms with E-state index in [2.05, 4.69) is 15.1 Å². The average Bonchev–Trinajstić information content (AvgIpc) is 3.56. The smallest absolute Gasteiger partial charge is 0.251 e. The van der Waals surface area contributed by atoms with Gasteiger partial charge in [0.25, 0.3) is 5.89 Å². The molecule has 0 bridgehead atoms. The van der Waals surface area contributed by atoms with Gasteiger partial charge in [-0.25, -0.2) is 4.98 Å². The van der Waals surface area contributed by atoms with Crippen LogP contribution < -0.4 is 0 Å². The first-order valence-electron chi connectivity index (χ1n) is 10.0. The van der Waals surface area contributed by atoms with Gasteiger partial charge in [0, 0.05) is 37.7 Å². The normalized spacial score (nSPS) is 14.3. The molecular formula is C22H21N5O3. The molecular weight excluding hydrogens is 382 g/mol.